The van der Waals surface area contributed by atoms with E-state index in [1.54, 1.807) is 0 Å². The van der Waals surface area contributed by atoms with Crippen LogP contribution < -0.4 is 4.74 Å². The maximum absolute atomic E-state index is 5.51. The quantitative estimate of drug-likeness (QED) is 0.567. The molecule has 1 nitrogen and oxygen atoms in total. The van der Waals surface area contributed by atoms with Crippen molar-refractivity contribution in [2.45, 2.75) is 13.3 Å². The van der Waals surface area contributed by atoms with Crippen molar-refractivity contribution in [1.82, 2.24) is 0 Å². The van der Waals surface area contributed by atoms with E-state index in [0.29, 0.717) is 0 Å². The van der Waals surface area contributed by atoms with E-state index in [2.05, 4.69) is 25.1 Å². The first kappa shape index (κ1) is 7.41. The first-order valence-corrected chi connectivity index (χ1v) is 4.29. The minimum absolute atomic E-state index is 0.816. The van der Waals surface area contributed by atoms with Crippen LogP contribution in [0.2, 0.25) is 0 Å². The third-order valence-electron chi connectivity index (χ3n) is 2.21. The molecule has 0 N–H and O–H groups in total. The van der Waals surface area contributed by atoms with Gasteiger partial charge in [-0.3, -0.25) is 0 Å². The first-order valence-electron chi connectivity index (χ1n) is 4.29. The van der Waals surface area contributed by atoms with Gasteiger partial charge in [0.25, 0.3) is 0 Å². The second-order valence-electron chi connectivity index (χ2n) is 2.91. The van der Waals surface area contributed by atoms with E-state index in [-0.39, 0.29) is 0 Å². The van der Waals surface area contributed by atoms with Gasteiger partial charge in [0.15, 0.2) is 0 Å². The predicted octanol–water partition coefficient (Wildman–Crippen LogP) is 2.87. The van der Waals surface area contributed by atoms with Crippen LogP contribution >= 0.6 is 0 Å². The molecule has 1 heteroatoms. The van der Waals surface area contributed by atoms with Gasteiger partial charge in [0.1, 0.15) is 5.75 Å². The smallest absolute Gasteiger partial charge is 0.126 e. The predicted molar refractivity (Wildman–Crippen MR) is 50.2 cm³/mol. The van der Waals surface area contributed by atoms with Crippen molar-refractivity contribution in [2.24, 2.45) is 0 Å². The number of ether oxygens (including phenoxy) is 1. The van der Waals surface area contributed by atoms with E-state index in [1.165, 1.54) is 11.1 Å². The molecule has 0 bridgehead atoms. The Morgan fingerprint density at radius 2 is 2.17 bits per heavy atom. The summed E-state index contributed by atoms with van der Waals surface area (Å²) in [6.45, 7) is 2.90. The highest BCUT2D eigenvalue weighted by Crippen LogP contribution is 2.31. The van der Waals surface area contributed by atoms with E-state index in [9.17, 15) is 0 Å². The lowest BCUT2D eigenvalue weighted by Crippen LogP contribution is -2.06. The van der Waals surface area contributed by atoms with Gasteiger partial charge in [0.2, 0.25) is 0 Å². The molecule has 0 saturated carbocycles. The number of rotatable bonds is 0. The topological polar surface area (TPSA) is 9.23 Å². The van der Waals surface area contributed by atoms with Gasteiger partial charge in [-0.25, -0.2) is 0 Å². The highest BCUT2D eigenvalue weighted by atomic mass is 16.5. The summed E-state index contributed by atoms with van der Waals surface area (Å²) in [5.74, 6) is 1.02. The van der Waals surface area contributed by atoms with Crippen molar-refractivity contribution in [2.75, 3.05) is 6.61 Å². The molecule has 1 aliphatic rings. The van der Waals surface area contributed by atoms with Crippen LogP contribution in [0.4, 0.5) is 0 Å². The van der Waals surface area contributed by atoms with Crippen LogP contribution in [-0.2, 0) is 0 Å². The second kappa shape index (κ2) is 3.02. The average molecular weight is 160 g/mol. The normalized spacial score (nSPS) is 18.6. The van der Waals surface area contributed by atoms with Gasteiger partial charge in [-0.05, 0) is 18.6 Å². The Morgan fingerprint density at radius 3 is 3.00 bits per heavy atom. The zero-order valence-corrected chi connectivity index (χ0v) is 7.21. The molecule has 1 aromatic rings. The lowest BCUT2D eigenvalue weighted by atomic mass is 10.00. The summed E-state index contributed by atoms with van der Waals surface area (Å²) in [5, 5.41) is 0. The van der Waals surface area contributed by atoms with E-state index in [4.69, 9.17) is 4.74 Å². The molecule has 2 rings (SSSR count). The Hall–Kier alpha value is -1.24. The fourth-order valence-corrected chi connectivity index (χ4v) is 1.56. The fraction of sp³-hybridized carbons (Fsp3) is 0.273. The molecule has 0 amide bonds. The molecule has 1 aromatic carbocycles. The molecular formula is C11H12O. The van der Waals surface area contributed by atoms with Crippen molar-refractivity contribution in [3.05, 3.63) is 35.9 Å². The fourth-order valence-electron chi connectivity index (χ4n) is 1.56. The number of fused-ring (bicyclic) bond motifs is 1. The van der Waals surface area contributed by atoms with Gasteiger partial charge in [-0.15, -0.1) is 0 Å². The maximum atomic E-state index is 5.51. The van der Waals surface area contributed by atoms with Crippen LogP contribution in [0.5, 0.6) is 5.75 Å². The van der Waals surface area contributed by atoms with Crippen molar-refractivity contribution >= 4 is 5.57 Å². The van der Waals surface area contributed by atoms with Crippen LogP contribution in [0.1, 0.15) is 18.9 Å². The van der Waals surface area contributed by atoms with E-state index in [1.807, 2.05) is 12.1 Å². The highest BCUT2D eigenvalue weighted by Gasteiger charge is 2.12. The number of para-hydroxylation sites is 1. The van der Waals surface area contributed by atoms with Gasteiger partial charge in [0, 0.05) is 12.0 Å². The number of allylic oxidation sites excluding steroid dienone is 1. The van der Waals surface area contributed by atoms with Crippen molar-refractivity contribution < 1.29 is 4.74 Å². The summed E-state index contributed by atoms with van der Waals surface area (Å²) in [4.78, 5) is 0. The van der Waals surface area contributed by atoms with Gasteiger partial charge < -0.3 is 4.74 Å². The van der Waals surface area contributed by atoms with Crippen LogP contribution in [0, 0.1) is 0 Å². The first-order chi connectivity index (χ1) is 5.92. The molecular weight excluding hydrogens is 148 g/mol. The molecule has 12 heavy (non-hydrogen) atoms. The molecule has 0 aromatic heterocycles. The summed E-state index contributed by atoms with van der Waals surface area (Å²) in [5.41, 5.74) is 2.66. The average Bonchev–Trinajstić information content (AvgIpc) is 2.17. The molecule has 62 valence electrons. The van der Waals surface area contributed by atoms with E-state index in [0.717, 1.165) is 18.8 Å². The van der Waals surface area contributed by atoms with E-state index < -0.39 is 0 Å². The number of benzene rings is 1. The van der Waals surface area contributed by atoms with Gasteiger partial charge in [-0.2, -0.15) is 0 Å². The maximum Gasteiger partial charge on any atom is 0.126 e. The molecule has 0 unspecified atom stereocenters. The van der Waals surface area contributed by atoms with Crippen molar-refractivity contribution in [3.63, 3.8) is 0 Å². The summed E-state index contributed by atoms with van der Waals surface area (Å²) in [6.07, 6.45) is 3.20. The number of hydrogen-bond acceptors (Lipinski definition) is 1. The number of hydrogen-bond donors (Lipinski definition) is 0. The second-order valence-corrected chi connectivity index (χ2v) is 2.91. The Labute approximate surface area is 72.7 Å². The lowest BCUT2D eigenvalue weighted by molar-refractivity contribution is 0.316. The summed E-state index contributed by atoms with van der Waals surface area (Å²) >= 11 is 0. The molecule has 0 aliphatic carbocycles. The Bertz CT molecular complexity index is 313. The minimum atomic E-state index is 0.816. The molecule has 0 spiro atoms. The Morgan fingerprint density at radius 1 is 1.33 bits per heavy atom. The van der Waals surface area contributed by atoms with Gasteiger partial charge in [-0.1, -0.05) is 24.3 Å². The Kier molecular flexibility index (Phi) is 1.86. The zero-order chi connectivity index (χ0) is 8.39. The van der Waals surface area contributed by atoms with Crippen LogP contribution in [-0.4, -0.2) is 6.61 Å². The largest absolute Gasteiger partial charge is 0.493 e. The van der Waals surface area contributed by atoms with E-state index >= 15 is 0 Å². The molecule has 1 heterocycles. The minimum Gasteiger partial charge on any atom is -0.493 e. The summed E-state index contributed by atoms with van der Waals surface area (Å²) < 4.78 is 5.51. The third-order valence-corrected chi connectivity index (χ3v) is 2.21. The van der Waals surface area contributed by atoms with Crippen molar-refractivity contribution in [3.8, 4) is 5.75 Å². The summed E-state index contributed by atoms with van der Waals surface area (Å²) in [6, 6.07) is 8.20. The van der Waals surface area contributed by atoms with Crippen LogP contribution in [0.3, 0.4) is 0 Å². The standard InChI is InChI=1S/C11H12O/c1-2-9-7-8-12-11-6-4-3-5-10(9)11/h2-6H,7-8H2,1H3/b9-2-. The third kappa shape index (κ3) is 1.11. The highest BCUT2D eigenvalue weighted by molar-refractivity contribution is 5.71. The molecule has 0 saturated heterocycles. The van der Waals surface area contributed by atoms with Crippen LogP contribution in [0.25, 0.3) is 5.57 Å². The summed E-state index contributed by atoms with van der Waals surface area (Å²) in [7, 11) is 0. The Balaban J connectivity index is 2.51. The monoisotopic (exact) mass is 160 g/mol. The van der Waals surface area contributed by atoms with Crippen molar-refractivity contribution in [1.29, 1.82) is 0 Å². The van der Waals surface area contributed by atoms with Gasteiger partial charge >= 0.3 is 0 Å². The molecule has 0 fully saturated rings. The molecule has 0 radical (unpaired) electrons. The lowest BCUT2D eigenvalue weighted by Gasteiger charge is -2.19. The van der Waals surface area contributed by atoms with Gasteiger partial charge in [0.05, 0.1) is 6.61 Å². The SMILES string of the molecule is C/C=C1/CCOc2ccccc21. The molecule has 1 aliphatic heterocycles. The molecule has 0 atom stereocenters. The van der Waals surface area contributed by atoms with Crippen LogP contribution in [0.15, 0.2) is 30.3 Å². The zero-order valence-electron chi connectivity index (χ0n) is 7.21.